The van der Waals surface area contributed by atoms with Crippen LogP contribution < -0.4 is 27.0 Å². The molecule has 1 aliphatic heterocycles. The van der Waals surface area contributed by atoms with Crippen LogP contribution in [0.3, 0.4) is 0 Å². The summed E-state index contributed by atoms with van der Waals surface area (Å²) in [5.41, 5.74) is 5.77. The van der Waals surface area contributed by atoms with E-state index in [1.165, 1.54) is 11.9 Å². The lowest BCUT2D eigenvalue weighted by molar-refractivity contribution is -0.157. The van der Waals surface area contributed by atoms with Gasteiger partial charge >= 0.3 is 5.97 Å². The second-order valence-electron chi connectivity index (χ2n) is 12.4. The Labute approximate surface area is 267 Å². The van der Waals surface area contributed by atoms with E-state index in [9.17, 15) is 33.9 Å². The zero-order chi connectivity index (χ0) is 34.3. The molecule has 45 heavy (non-hydrogen) atoms. The third kappa shape index (κ3) is 12.6. The van der Waals surface area contributed by atoms with Gasteiger partial charge in [0.05, 0.1) is 12.5 Å². The highest BCUT2D eigenvalue weighted by molar-refractivity contribution is 5.96. The summed E-state index contributed by atoms with van der Waals surface area (Å²) < 4.78 is 5.70. The lowest BCUT2D eigenvalue weighted by Gasteiger charge is -2.34. The second-order valence-corrected chi connectivity index (χ2v) is 12.4. The summed E-state index contributed by atoms with van der Waals surface area (Å²) in [4.78, 5) is 81.0. The van der Waals surface area contributed by atoms with E-state index in [1.54, 1.807) is 13.8 Å². The Hall–Kier alpha value is -3.26. The number of ether oxygens (including phenoxy) is 1. The Kier molecular flexibility index (Phi) is 17.7. The molecule has 0 aliphatic carbocycles. The molecule has 0 spiro atoms. The van der Waals surface area contributed by atoms with E-state index in [-0.39, 0.29) is 18.4 Å². The molecule has 0 unspecified atom stereocenters. The number of cyclic esters (lactones) is 1. The molecular weight excluding hydrogens is 584 g/mol. The first kappa shape index (κ1) is 39.8. The molecule has 1 aliphatic rings. The van der Waals surface area contributed by atoms with E-state index < -0.39 is 84.8 Å². The van der Waals surface area contributed by atoms with Gasteiger partial charge in [0.15, 0.2) is 0 Å². The number of unbranched alkanes of at least 4 members (excludes halogenated alkanes) is 3. The Balaban J connectivity index is 3.57. The van der Waals surface area contributed by atoms with Gasteiger partial charge in [0, 0.05) is 13.6 Å². The molecule has 0 saturated carbocycles. The van der Waals surface area contributed by atoms with Crippen LogP contribution in [0.5, 0.6) is 0 Å². The molecule has 0 aromatic carbocycles. The highest BCUT2D eigenvalue weighted by atomic mass is 16.5. The van der Waals surface area contributed by atoms with Gasteiger partial charge in [-0.15, -0.1) is 0 Å². The Morgan fingerprint density at radius 1 is 0.911 bits per heavy atom. The molecule has 258 valence electrons. The number of amides is 5. The number of nitrogens with one attached hydrogen (secondary N) is 4. The van der Waals surface area contributed by atoms with Crippen LogP contribution in [0, 0.1) is 17.8 Å². The molecule has 0 radical (unpaired) electrons. The summed E-state index contributed by atoms with van der Waals surface area (Å²) in [5, 5.41) is 19.8. The van der Waals surface area contributed by atoms with Crippen molar-refractivity contribution >= 4 is 35.5 Å². The Morgan fingerprint density at radius 2 is 1.56 bits per heavy atom. The number of hydrogen-bond acceptors (Lipinski definition) is 9. The molecular formula is C31H56N6O8. The van der Waals surface area contributed by atoms with E-state index in [2.05, 4.69) is 28.2 Å². The summed E-state index contributed by atoms with van der Waals surface area (Å²) in [6.45, 7) is 9.46. The van der Waals surface area contributed by atoms with Crippen molar-refractivity contribution in [2.75, 3.05) is 26.7 Å². The topological polar surface area (TPSA) is 209 Å². The maximum atomic E-state index is 13.8. The highest BCUT2D eigenvalue weighted by Crippen LogP contribution is 2.22. The zero-order valence-corrected chi connectivity index (χ0v) is 28.0. The van der Waals surface area contributed by atoms with Crippen molar-refractivity contribution in [3.63, 3.8) is 0 Å². The monoisotopic (exact) mass is 640 g/mol. The largest absolute Gasteiger partial charge is 0.460 e. The quantitative estimate of drug-likeness (QED) is 0.132. The maximum Gasteiger partial charge on any atom is 0.325 e. The number of esters is 1. The van der Waals surface area contributed by atoms with Crippen LogP contribution in [0.4, 0.5) is 0 Å². The molecule has 1 rings (SSSR count). The van der Waals surface area contributed by atoms with Gasteiger partial charge in [0.25, 0.3) is 0 Å². The van der Waals surface area contributed by atoms with E-state index >= 15 is 0 Å². The van der Waals surface area contributed by atoms with E-state index in [0.29, 0.717) is 25.7 Å². The fourth-order valence-corrected chi connectivity index (χ4v) is 5.11. The van der Waals surface area contributed by atoms with Gasteiger partial charge < -0.3 is 41.7 Å². The van der Waals surface area contributed by atoms with Crippen LogP contribution in [-0.4, -0.2) is 103 Å². The number of hydrogen-bond donors (Lipinski definition) is 6. The summed E-state index contributed by atoms with van der Waals surface area (Å²) >= 11 is 0. The van der Waals surface area contributed by atoms with Gasteiger partial charge in [-0.2, -0.15) is 0 Å². The van der Waals surface area contributed by atoms with Crippen molar-refractivity contribution in [2.24, 2.45) is 23.5 Å². The molecule has 1 fully saturated rings. The number of nitrogens with two attached hydrogens (primary N) is 1. The van der Waals surface area contributed by atoms with Crippen LogP contribution in [-0.2, 0) is 33.5 Å². The first-order chi connectivity index (χ1) is 21.2. The molecule has 14 heteroatoms. The lowest BCUT2D eigenvalue weighted by atomic mass is 9.94. The summed E-state index contributed by atoms with van der Waals surface area (Å²) in [6, 6.07) is -4.73. The number of aliphatic hydroxyl groups excluding tert-OH is 1. The predicted octanol–water partition coefficient (Wildman–Crippen LogP) is -0.0409. The highest BCUT2D eigenvalue weighted by Gasteiger charge is 2.38. The number of aliphatic hydroxyl groups is 1. The molecule has 7 N–H and O–H groups in total. The van der Waals surface area contributed by atoms with Crippen molar-refractivity contribution in [3.8, 4) is 0 Å². The third-order valence-electron chi connectivity index (χ3n) is 8.27. The maximum absolute atomic E-state index is 13.8. The Bertz CT molecular complexity index is 1010. The van der Waals surface area contributed by atoms with Gasteiger partial charge in [-0.25, -0.2) is 0 Å². The molecule has 1 saturated heterocycles. The standard InChI is InChI=1S/C31H56N6O8/c1-8-10-11-12-13-24-20(6)31(44)37(7)23(14-18(3)4)29(42)36-26(19(5)9-2)30(43)34-21(15-32)28(41)35-22(17-38)27(40)33-16-25(39)45-24/h18-24,26,38H,8-17,32H2,1-7H3,(H,33,40)(H,34,43)(H,35,41)(H,36,42)/t19-,20-,21+,22+,23+,24-,26+/m1/s1. The fraction of sp³-hybridized carbons (Fsp3) is 0.806. The van der Waals surface area contributed by atoms with E-state index in [0.717, 1.165) is 19.3 Å². The minimum Gasteiger partial charge on any atom is -0.460 e. The first-order valence-corrected chi connectivity index (χ1v) is 16.2. The van der Waals surface area contributed by atoms with Gasteiger partial charge in [-0.05, 0) is 31.1 Å². The van der Waals surface area contributed by atoms with Gasteiger partial charge in [0.2, 0.25) is 29.5 Å². The van der Waals surface area contributed by atoms with Gasteiger partial charge in [-0.3, -0.25) is 28.8 Å². The number of likely N-dealkylation sites (N-methyl/N-ethyl adjacent to an activating group) is 1. The molecule has 0 aromatic heterocycles. The Morgan fingerprint density at radius 3 is 2.11 bits per heavy atom. The van der Waals surface area contributed by atoms with E-state index in [1.807, 2.05) is 20.8 Å². The second kappa shape index (κ2) is 20.0. The van der Waals surface area contributed by atoms with Crippen molar-refractivity contribution in [1.82, 2.24) is 26.2 Å². The minimum atomic E-state index is -1.45. The summed E-state index contributed by atoms with van der Waals surface area (Å²) in [7, 11) is 1.52. The van der Waals surface area contributed by atoms with Crippen LogP contribution in [0.2, 0.25) is 0 Å². The molecule has 7 atom stereocenters. The van der Waals surface area contributed by atoms with Crippen molar-refractivity contribution in [2.45, 2.75) is 117 Å². The van der Waals surface area contributed by atoms with Crippen LogP contribution in [0.15, 0.2) is 0 Å². The van der Waals surface area contributed by atoms with Gasteiger partial charge in [-0.1, -0.05) is 67.2 Å². The average molecular weight is 641 g/mol. The fourth-order valence-electron chi connectivity index (χ4n) is 5.11. The van der Waals surface area contributed by atoms with Crippen LogP contribution in [0.25, 0.3) is 0 Å². The molecule has 0 aromatic rings. The molecule has 5 amide bonds. The smallest absolute Gasteiger partial charge is 0.325 e. The molecule has 14 nitrogen and oxygen atoms in total. The minimum absolute atomic E-state index is 0.0138. The van der Waals surface area contributed by atoms with Gasteiger partial charge in [0.1, 0.15) is 36.8 Å². The number of nitrogens with zero attached hydrogens (tertiary/aromatic N) is 1. The SMILES string of the molecule is CCCCCC[C@H]1OC(=O)CNC(=O)[C@H](CO)NC(=O)[C@H](CN)NC(=O)[C@H]([C@H](C)CC)NC(=O)[C@H](CC(C)C)N(C)C(=O)[C@@H]1C. The molecule has 0 bridgehead atoms. The normalized spacial score (nSPS) is 27.4. The lowest BCUT2D eigenvalue weighted by Crippen LogP contribution is -2.61. The number of rotatable bonds is 11. The van der Waals surface area contributed by atoms with Crippen LogP contribution >= 0.6 is 0 Å². The summed E-state index contributed by atoms with van der Waals surface area (Å²) in [5.74, 6) is -5.25. The first-order valence-electron chi connectivity index (χ1n) is 16.2. The number of carbonyl (C=O) groups excluding carboxylic acids is 6. The number of carbonyl (C=O) groups is 6. The van der Waals surface area contributed by atoms with E-state index in [4.69, 9.17) is 10.5 Å². The average Bonchev–Trinajstić information content (AvgIpc) is 3.01. The predicted molar refractivity (Wildman–Crippen MR) is 168 cm³/mol. The van der Waals surface area contributed by atoms with Crippen molar-refractivity contribution in [1.29, 1.82) is 0 Å². The molecule has 1 heterocycles. The van der Waals surface area contributed by atoms with Crippen molar-refractivity contribution < 1.29 is 38.6 Å². The third-order valence-corrected chi connectivity index (χ3v) is 8.27. The summed E-state index contributed by atoms with van der Waals surface area (Å²) in [6.07, 6.45) is 3.91. The van der Waals surface area contributed by atoms with Crippen molar-refractivity contribution in [3.05, 3.63) is 0 Å². The zero-order valence-electron chi connectivity index (χ0n) is 28.0. The van der Waals surface area contributed by atoms with Crippen LogP contribution in [0.1, 0.15) is 86.5 Å².